The number of hydrogen-bond donors (Lipinski definition) is 2. The van der Waals surface area contributed by atoms with E-state index in [0.717, 1.165) is 23.0 Å². The lowest BCUT2D eigenvalue weighted by Gasteiger charge is -2.44. The van der Waals surface area contributed by atoms with Crippen LogP contribution in [0.5, 0.6) is 0 Å². The van der Waals surface area contributed by atoms with E-state index in [0.29, 0.717) is 11.6 Å². The second-order valence-electron chi connectivity index (χ2n) is 7.03. The molecule has 2 aromatic heterocycles. The van der Waals surface area contributed by atoms with E-state index in [4.69, 9.17) is 0 Å². The van der Waals surface area contributed by atoms with Crippen LogP contribution in [0.4, 0.5) is 0 Å². The lowest BCUT2D eigenvalue weighted by molar-refractivity contribution is 0.0618. The van der Waals surface area contributed by atoms with Crippen LogP contribution in [-0.4, -0.2) is 46.7 Å². The van der Waals surface area contributed by atoms with Gasteiger partial charge in [-0.05, 0) is 61.0 Å². The average Bonchev–Trinajstić information content (AvgIpc) is 3.32. The lowest BCUT2D eigenvalue weighted by Crippen LogP contribution is -2.57. The normalized spacial score (nSPS) is 25.4. The molecule has 2 N–H and O–H groups in total. The number of aromatic nitrogens is 2. The molecule has 1 unspecified atom stereocenters. The zero-order valence-corrected chi connectivity index (χ0v) is 14.7. The molecule has 128 valence electrons. The predicted molar refractivity (Wildman–Crippen MR) is 99.8 cm³/mol. The Bertz CT molecular complexity index is 909. The highest BCUT2D eigenvalue weighted by atomic mass is 32.1. The molecule has 5 heterocycles. The second kappa shape index (κ2) is 5.97. The summed E-state index contributed by atoms with van der Waals surface area (Å²) in [4.78, 5) is 16.4. The quantitative estimate of drug-likeness (QED) is 0.761. The summed E-state index contributed by atoms with van der Waals surface area (Å²) < 4.78 is 0. The van der Waals surface area contributed by atoms with E-state index in [1.54, 1.807) is 11.3 Å². The maximum absolute atomic E-state index is 12.8. The molecule has 1 aromatic carbocycles. The topological polar surface area (TPSA) is 61.0 Å². The summed E-state index contributed by atoms with van der Waals surface area (Å²) in [6.45, 7) is 3.32. The van der Waals surface area contributed by atoms with Crippen molar-refractivity contribution in [3.05, 3.63) is 41.4 Å². The van der Waals surface area contributed by atoms with Crippen molar-refractivity contribution in [2.45, 2.75) is 18.9 Å². The minimum absolute atomic E-state index is 0.0612. The highest BCUT2D eigenvalue weighted by Gasteiger charge is 2.35. The van der Waals surface area contributed by atoms with E-state index < -0.39 is 0 Å². The maximum atomic E-state index is 12.8. The number of carbonyl (C=O) groups is 1. The minimum atomic E-state index is -0.0612. The minimum Gasteiger partial charge on any atom is -0.346 e. The van der Waals surface area contributed by atoms with Crippen LogP contribution in [0.3, 0.4) is 0 Å². The number of amides is 1. The summed E-state index contributed by atoms with van der Waals surface area (Å²) in [5.41, 5.74) is 2.56. The summed E-state index contributed by atoms with van der Waals surface area (Å²) in [7, 11) is 0. The molecular formula is C19H20N4OS. The van der Waals surface area contributed by atoms with Gasteiger partial charge in [-0.25, -0.2) is 0 Å². The first kappa shape index (κ1) is 15.1. The maximum Gasteiger partial charge on any atom is 0.272 e. The zero-order valence-electron chi connectivity index (χ0n) is 13.9. The first-order chi connectivity index (χ1) is 12.3. The Balaban J connectivity index is 1.40. The first-order valence-electron chi connectivity index (χ1n) is 8.83. The molecule has 2 bridgehead atoms. The van der Waals surface area contributed by atoms with Gasteiger partial charge in [0.15, 0.2) is 5.69 Å². The molecule has 25 heavy (non-hydrogen) atoms. The van der Waals surface area contributed by atoms with Crippen molar-refractivity contribution in [2.24, 2.45) is 5.92 Å². The monoisotopic (exact) mass is 352 g/mol. The van der Waals surface area contributed by atoms with E-state index >= 15 is 0 Å². The van der Waals surface area contributed by atoms with E-state index in [2.05, 4.69) is 44.0 Å². The summed E-state index contributed by atoms with van der Waals surface area (Å²) in [5, 5.41) is 13.5. The van der Waals surface area contributed by atoms with Crippen LogP contribution in [0, 0.1) is 5.92 Å². The van der Waals surface area contributed by atoms with Crippen LogP contribution in [0.1, 0.15) is 23.3 Å². The highest BCUT2D eigenvalue weighted by Crippen LogP contribution is 2.30. The Morgan fingerprint density at radius 1 is 1.28 bits per heavy atom. The second-order valence-corrected chi connectivity index (χ2v) is 7.98. The standard InChI is InChI=1S/C19H20N4OS/c24-19(20-16-11-23-7-5-12(16)6-8-23)18-14-4-3-13(10-15(14)21-22-18)17-2-1-9-25-17/h1-4,9-10,12,16H,5-8,11H2,(H,20,24)(H,21,22). The number of thiophene rings is 1. The van der Waals surface area contributed by atoms with Gasteiger partial charge in [-0.2, -0.15) is 5.10 Å². The van der Waals surface area contributed by atoms with Crippen molar-refractivity contribution in [3.63, 3.8) is 0 Å². The number of H-pyrrole nitrogens is 1. The third kappa shape index (κ3) is 2.65. The van der Waals surface area contributed by atoms with Gasteiger partial charge in [0.2, 0.25) is 0 Å². The number of aromatic amines is 1. The van der Waals surface area contributed by atoms with E-state index in [1.165, 1.54) is 30.8 Å². The number of carbonyl (C=O) groups excluding carboxylic acids is 1. The fourth-order valence-corrected chi connectivity index (χ4v) is 4.88. The first-order valence-corrected chi connectivity index (χ1v) is 9.71. The third-order valence-corrected chi connectivity index (χ3v) is 6.48. The molecule has 6 rings (SSSR count). The predicted octanol–water partition coefficient (Wildman–Crippen LogP) is 3.12. The fourth-order valence-electron chi connectivity index (χ4n) is 4.15. The number of nitrogens with zero attached hydrogens (tertiary/aromatic N) is 2. The molecule has 0 spiro atoms. The number of benzene rings is 1. The molecule has 3 aliphatic rings. The zero-order chi connectivity index (χ0) is 16.8. The van der Waals surface area contributed by atoms with Gasteiger partial charge in [0.1, 0.15) is 0 Å². The van der Waals surface area contributed by atoms with Gasteiger partial charge in [0.05, 0.1) is 5.52 Å². The molecule has 0 saturated carbocycles. The van der Waals surface area contributed by atoms with Crippen molar-refractivity contribution in [1.29, 1.82) is 0 Å². The van der Waals surface area contributed by atoms with Gasteiger partial charge in [0, 0.05) is 22.8 Å². The van der Waals surface area contributed by atoms with Gasteiger partial charge in [-0.3, -0.25) is 9.89 Å². The number of hydrogen-bond acceptors (Lipinski definition) is 4. The van der Waals surface area contributed by atoms with Crippen LogP contribution in [0.25, 0.3) is 21.3 Å². The third-order valence-electron chi connectivity index (χ3n) is 5.56. The summed E-state index contributed by atoms with van der Waals surface area (Å²) >= 11 is 1.71. The molecule has 3 aliphatic heterocycles. The van der Waals surface area contributed by atoms with Gasteiger partial charge in [-0.1, -0.05) is 12.1 Å². The summed E-state index contributed by atoms with van der Waals surface area (Å²) in [6, 6.07) is 10.5. The van der Waals surface area contributed by atoms with Crippen LogP contribution in [0.2, 0.25) is 0 Å². The van der Waals surface area contributed by atoms with Crippen molar-refractivity contribution in [1.82, 2.24) is 20.4 Å². The molecule has 3 saturated heterocycles. The van der Waals surface area contributed by atoms with Gasteiger partial charge >= 0.3 is 0 Å². The molecule has 1 atom stereocenters. The number of fused-ring (bicyclic) bond motifs is 4. The van der Waals surface area contributed by atoms with Crippen LogP contribution in [0.15, 0.2) is 35.7 Å². The van der Waals surface area contributed by atoms with E-state index in [1.807, 2.05) is 12.1 Å². The van der Waals surface area contributed by atoms with E-state index in [-0.39, 0.29) is 11.9 Å². The molecule has 0 aliphatic carbocycles. The Hall–Kier alpha value is -2.18. The molecule has 6 heteroatoms. The molecule has 3 fully saturated rings. The molecule has 3 aromatic rings. The smallest absolute Gasteiger partial charge is 0.272 e. The Morgan fingerprint density at radius 3 is 2.88 bits per heavy atom. The van der Waals surface area contributed by atoms with Crippen molar-refractivity contribution in [2.75, 3.05) is 19.6 Å². The number of piperidine rings is 3. The van der Waals surface area contributed by atoms with Crippen LogP contribution >= 0.6 is 11.3 Å². The van der Waals surface area contributed by atoms with Gasteiger partial charge in [-0.15, -0.1) is 11.3 Å². The largest absolute Gasteiger partial charge is 0.346 e. The van der Waals surface area contributed by atoms with E-state index in [9.17, 15) is 4.79 Å². The summed E-state index contributed by atoms with van der Waals surface area (Å²) in [6.07, 6.45) is 2.38. The van der Waals surface area contributed by atoms with Crippen molar-refractivity contribution >= 4 is 28.1 Å². The van der Waals surface area contributed by atoms with Crippen LogP contribution < -0.4 is 5.32 Å². The summed E-state index contributed by atoms with van der Waals surface area (Å²) in [5.74, 6) is 0.554. The van der Waals surface area contributed by atoms with Crippen molar-refractivity contribution in [3.8, 4) is 10.4 Å². The lowest BCUT2D eigenvalue weighted by atomic mass is 9.84. The van der Waals surface area contributed by atoms with Crippen molar-refractivity contribution < 1.29 is 4.79 Å². The highest BCUT2D eigenvalue weighted by molar-refractivity contribution is 7.13. The fraction of sp³-hybridized carbons (Fsp3) is 0.368. The Labute approximate surface area is 150 Å². The van der Waals surface area contributed by atoms with Gasteiger partial charge in [0.25, 0.3) is 5.91 Å². The Kier molecular flexibility index (Phi) is 3.60. The number of nitrogens with one attached hydrogen (secondary N) is 2. The SMILES string of the molecule is O=C(NC1CN2CCC1CC2)c1n[nH]c2cc(-c3cccs3)ccc12. The van der Waals surface area contributed by atoms with Crippen LogP contribution in [-0.2, 0) is 0 Å². The molecule has 0 radical (unpaired) electrons. The van der Waals surface area contributed by atoms with Gasteiger partial charge < -0.3 is 10.2 Å². The average molecular weight is 352 g/mol. The molecule has 5 nitrogen and oxygen atoms in total. The molecular weight excluding hydrogens is 332 g/mol. The Morgan fingerprint density at radius 2 is 2.16 bits per heavy atom. The number of rotatable bonds is 3. The molecule has 1 amide bonds.